The van der Waals surface area contributed by atoms with E-state index >= 15 is 0 Å². The van der Waals surface area contributed by atoms with Crippen molar-refractivity contribution in [3.05, 3.63) is 95.1 Å². The van der Waals surface area contributed by atoms with Crippen molar-refractivity contribution >= 4 is 15.9 Å². The molecule has 0 saturated carbocycles. The predicted octanol–water partition coefficient (Wildman–Crippen LogP) is 4.23. The Labute approximate surface area is 225 Å². The Hall–Kier alpha value is -3.20. The van der Waals surface area contributed by atoms with Gasteiger partial charge in [0.15, 0.2) is 0 Å². The first kappa shape index (κ1) is 26.4. The lowest BCUT2D eigenvalue weighted by molar-refractivity contribution is 0.0947. The summed E-state index contributed by atoms with van der Waals surface area (Å²) in [6.07, 6.45) is 3.96. The van der Waals surface area contributed by atoms with Crippen LogP contribution < -0.4 is 10.1 Å². The fourth-order valence-corrected chi connectivity index (χ4v) is 6.62. The average molecular weight is 534 g/mol. The van der Waals surface area contributed by atoms with Crippen molar-refractivity contribution in [3.8, 4) is 5.75 Å². The number of ether oxygens (including phenoxy) is 1. The molecule has 38 heavy (non-hydrogen) atoms. The van der Waals surface area contributed by atoms with Crippen molar-refractivity contribution in [1.29, 1.82) is 0 Å². The topological polar surface area (TPSA) is 78.9 Å². The van der Waals surface area contributed by atoms with Gasteiger partial charge in [-0.05, 0) is 72.4 Å². The fourth-order valence-electron chi connectivity index (χ4n) is 5.11. The van der Waals surface area contributed by atoms with Crippen LogP contribution in [0.4, 0.5) is 0 Å². The second-order valence-electron chi connectivity index (χ2n) is 9.97. The van der Waals surface area contributed by atoms with Crippen molar-refractivity contribution in [3.63, 3.8) is 0 Å². The summed E-state index contributed by atoms with van der Waals surface area (Å²) in [6, 6.07) is 22.9. The van der Waals surface area contributed by atoms with Crippen LogP contribution in [0.1, 0.15) is 46.3 Å². The number of fused-ring (bicyclic) bond motifs is 1. The van der Waals surface area contributed by atoms with Crippen molar-refractivity contribution in [2.45, 2.75) is 43.7 Å². The molecule has 0 bridgehead atoms. The summed E-state index contributed by atoms with van der Waals surface area (Å²) in [7, 11) is -3.45. The first-order chi connectivity index (χ1) is 18.5. The van der Waals surface area contributed by atoms with Gasteiger partial charge in [-0.3, -0.25) is 9.69 Å². The minimum absolute atomic E-state index is 0.143. The highest BCUT2D eigenvalue weighted by molar-refractivity contribution is 7.89. The summed E-state index contributed by atoms with van der Waals surface area (Å²) < 4.78 is 32.8. The number of hydrogen-bond donors (Lipinski definition) is 1. The smallest absolute Gasteiger partial charge is 0.251 e. The van der Waals surface area contributed by atoms with E-state index < -0.39 is 10.0 Å². The van der Waals surface area contributed by atoms with Crippen LogP contribution >= 0.6 is 0 Å². The van der Waals surface area contributed by atoms with Crippen LogP contribution in [0.15, 0.2) is 77.7 Å². The molecule has 0 spiro atoms. The monoisotopic (exact) mass is 533 g/mol. The number of carbonyl (C=O) groups excluding carboxylic acids is 1. The molecule has 1 saturated heterocycles. The molecule has 2 aliphatic rings. The summed E-state index contributed by atoms with van der Waals surface area (Å²) in [4.78, 5) is 15.3. The molecule has 7 nitrogen and oxygen atoms in total. The van der Waals surface area contributed by atoms with Gasteiger partial charge in [0.25, 0.3) is 5.91 Å². The molecule has 5 rings (SSSR count). The third kappa shape index (κ3) is 6.43. The van der Waals surface area contributed by atoms with Gasteiger partial charge >= 0.3 is 0 Å². The van der Waals surface area contributed by atoms with Gasteiger partial charge in [-0.15, -0.1) is 0 Å². The first-order valence-electron chi connectivity index (χ1n) is 13.4. The number of nitrogens with one attached hydrogen (secondary N) is 1. The van der Waals surface area contributed by atoms with E-state index in [0.29, 0.717) is 37.6 Å². The lowest BCUT2D eigenvalue weighted by Gasteiger charge is -2.28. The van der Waals surface area contributed by atoms with Gasteiger partial charge in [-0.1, -0.05) is 42.8 Å². The minimum atomic E-state index is -3.45. The third-order valence-corrected chi connectivity index (χ3v) is 9.18. The molecule has 0 aliphatic carbocycles. The third-order valence-electron chi connectivity index (χ3n) is 7.26. The standard InChI is InChI=1S/C30H35N3O4S/c34-30(26-10-8-24(9-11-26)22-32-20-16-25-6-2-3-7-27(25)23-32)31-17-21-37-28-12-14-29(15-13-28)38(35,36)33-18-4-1-5-19-33/h2-3,6-15H,1,4-5,16-23H2,(H,31,34). The Morgan fingerprint density at radius 1 is 0.842 bits per heavy atom. The van der Waals surface area contributed by atoms with Crippen molar-refractivity contribution < 1.29 is 17.9 Å². The van der Waals surface area contributed by atoms with Gasteiger partial charge < -0.3 is 10.1 Å². The zero-order valence-electron chi connectivity index (χ0n) is 21.6. The van der Waals surface area contributed by atoms with Crippen LogP contribution in [-0.2, 0) is 29.5 Å². The quantitative estimate of drug-likeness (QED) is 0.417. The van der Waals surface area contributed by atoms with Crippen LogP contribution in [0.25, 0.3) is 0 Å². The van der Waals surface area contributed by atoms with Gasteiger partial charge in [-0.25, -0.2) is 8.42 Å². The number of carbonyl (C=O) groups is 1. The van der Waals surface area contributed by atoms with Crippen LogP contribution in [0.2, 0.25) is 0 Å². The van der Waals surface area contributed by atoms with Crippen molar-refractivity contribution in [2.24, 2.45) is 0 Å². The second kappa shape index (κ2) is 12.1. The molecule has 0 atom stereocenters. The minimum Gasteiger partial charge on any atom is -0.492 e. The SMILES string of the molecule is O=C(NCCOc1ccc(S(=O)(=O)N2CCCCC2)cc1)c1ccc(CN2CCc3ccccc3C2)cc1. The molecule has 3 aromatic rings. The summed E-state index contributed by atoms with van der Waals surface area (Å²) in [6.45, 7) is 4.65. The number of rotatable bonds is 9. The van der Waals surface area contributed by atoms with E-state index in [0.717, 1.165) is 45.3 Å². The number of nitrogens with zero attached hydrogens (tertiary/aromatic N) is 2. The van der Waals surface area contributed by atoms with Crippen molar-refractivity contribution in [2.75, 3.05) is 32.8 Å². The molecule has 0 aromatic heterocycles. The van der Waals surface area contributed by atoms with E-state index in [2.05, 4.69) is 34.5 Å². The summed E-state index contributed by atoms with van der Waals surface area (Å²) in [5.41, 5.74) is 4.65. The molecule has 1 amide bonds. The molecule has 0 radical (unpaired) electrons. The lowest BCUT2D eigenvalue weighted by atomic mass is 9.99. The van der Waals surface area contributed by atoms with E-state index in [-0.39, 0.29) is 10.8 Å². The van der Waals surface area contributed by atoms with E-state index in [9.17, 15) is 13.2 Å². The van der Waals surface area contributed by atoms with Crippen LogP contribution in [-0.4, -0.2) is 56.3 Å². The largest absolute Gasteiger partial charge is 0.492 e. The summed E-state index contributed by atoms with van der Waals surface area (Å²) >= 11 is 0. The highest BCUT2D eigenvalue weighted by atomic mass is 32.2. The molecule has 2 aliphatic heterocycles. The van der Waals surface area contributed by atoms with Crippen LogP contribution in [0.5, 0.6) is 5.75 Å². The number of amides is 1. The van der Waals surface area contributed by atoms with Gasteiger partial charge in [0.1, 0.15) is 12.4 Å². The van der Waals surface area contributed by atoms with Gasteiger partial charge in [-0.2, -0.15) is 4.31 Å². The highest BCUT2D eigenvalue weighted by Gasteiger charge is 2.25. The molecular formula is C30H35N3O4S. The Bertz CT molecular complexity index is 1330. The summed E-state index contributed by atoms with van der Waals surface area (Å²) in [5.74, 6) is 0.427. The molecule has 2 heterocycles. The summed E-state index contributed by atoms with van der Waals surface area (Å²) in [5, 5.41) is 2.88. The highest BCUT2D eigenvalue weighted by Crippen LogP contribution is 2.23. The number of benzene rings is 3. The molecule has 3 aromatic carbocycles. The Kier molecular flexibility index (Phi) is 8.42. The normalized spacial score (nSPS) is 16.5. The molecule has 8 heteroatoms. The average Bonchev–Trinajstić information content (AvgIpc) is 2.96. The number of sulfonamides is 1. The van der Waals surface area contributed by atoms with E-state index in [1.54, 1.807) is 28.6 Å². The predicted molar refractivity (Wildman–Crippen MR) is 148 cm³/mol. The maximum atomic E-state index is 12.8. The fraction of sp³-hybridized carbons (Fsp3) is 0.367. The number of piperidine rings is 1. The van der Waals surface area contributed by atoms with E-state index in [1.807, 2.05) is 24.3 Å². The molecule has 0 unspecified atom stereocenters. The van der Waals surface area contributed by atoms with Gasteiger partial charge in [0, 0.05) is 38.3 Å². The molecule has 1 fully saturated rings. The van der Waals surface area contributed by atoms with Gasteiger partial charge in [0.2, 0.25) is 10.0 Å². The molecule has 200 valence electrons. The van der Waals surface area contributed by atoms with Crippen LogP contribution in [0.3, 0.4) is 0 Å². The Balaban J connectivity index is 1.05. The van der Waals surface area contributed by atoms with E-state index in [1.165, 1.54) is 16.7 Å². The van der Waals surface area contributed by atoms with Crippen LogP contribution in [0, 0.1) is 0 Å². The Morgan fingerprint density at radius 3 is 2.29 bits per heavy atom. The molecular weight excluding hydrogens is 498 g/mol. The lowest BCUT2D eigenvalue weighted by Crippen LogP contribution is -2.35. The number of hydrogen-bond acceptors (Lipinski definition) is 5. The first-order valence-corrected chi connectivity index (χ1v) is 14.8. The van der Waals surface area contributed by atoms with E-state index in [4.69, 9.17) is 4.74 Å². The zero-order chi connectivity index (χ0) is 26.4. The Morgan fingerprint density at radius 2 is 1.55 bits per heavy atom. The zero-order valence-corrected chi connectivity index (χ0v) is 22.5. The maximum Gasteiger partial charge on any atom is 0.251 e. The van der Waals surface area contributed by atoms with Gasteiger partial charge in [0.05, 0.1) is 11.4 Å². The molecule has 1 N–H and O–H groups in total. The maximum absolute atomic E-state index is 12.8. The second-order valence-corrected chi connectivity index (χ2v) is 11.9. The van der Waals surface area contributed by atoms with Crippen molar-refractivity contribution in [1.82, 2.24) is 14.5 Å².